The maximum absolute atomic E-state index is 12.0. The van der Waals surface area contributed by atoms with E-state index in [2.05, 4.69) is 4.98 Å². The molecule has 1 amide bonds. The summed E-state index contributed by atoms with van der Waals surface area (Å²) in [5, 5.41) is 0.875. The lowest BCUT2D eigenvalue weighted by molar-refractivity contribution is -0.131. The lowest BCUT2D eigenvalue weighted by Crippen LogP contribution is -2.27. The van der Waals surface area contributed by atoms with Crippen molar-refractivity contribution >= 4 is 44.8 Å². The Morgan fingerprint density at radius 2 is 1.91 bits per heavy atom. The Bertz CT molecular complexity index is 834. The zero-order valence-electron chi connectivity index (χ0n) is 12.6. The fourth-order valence-electron chi connectivity index (χ4n) is 1.87. The molecule has 118 valence electrons. The van der Waals surface area contributed by atoms with Gasteiger partial charge in [0.25, 0.3) is 5.91 Å². The Balaban J connectivity index is 1.74. The fourth-order valence-corrected chi connectivity index (χ4v) is 3.79. The first-order chi connectivity index (χ1) is 11.0. The number of benzene rings is 1. The van der Waals surface area contributed by atoms with Crippen molar-refractivity contribution in [2.75, 3.05) is 20.7 Å². The Hall–Kier alpha value is -2.25. The number of hydrogen-bond acceptors (Lipinski definition) is 6. The number of aromatic nitrogens is 1. The summed E-state index contributed by atoms with van der Waals surface area (Å²) >= 11 is 2.90. The number of hydrogen-bond donors (Lipinski definition) is 0. The van der Waals surface area contributed by atoms with E-state index in [1.165, 1.54) is 16.2 Å². The van der Waals surface area contributed by atoms with E-state index in [1.54, 1.807) is 31.5 Å². The second-order valence-corrected chi connectivity index (χ2v) is 7.13. The van der Waals surface area contributed by atoms with Crippen molar-refractivity contribution in [1.82, 2.24) is 9.88 Å². The minimum atomic E-state index is -0.488. The maximum Gasteiger partial charge on any atom is 0.348 e. The van der Waals surface area contributed by atoms with Gasteiger partial charge in [0.05, 0.1) is 15.1 Å². The van der Waals surface area contributed by atoms with Crippen LogP contribution in [0.4, 0.5) is 0 Å². The Morgan fingerprint density at radius 3 is 2.65 bits per heavy atom. The molecular weight excluding hydrogens is 332 g/mol. The van der Waals surface area contributed by atoms with Gasteiger partial charge in [-0.3, -0.25) is 4.79 Å². The highest BCUT2D eigenvalue weighted by atomic mass is 32.1. The number of thiazole rings is 1. The first-order valence-electron chi connectivity index (χ1n) is 6.87. The van der Waals surface area contributed by atoms with Crippen LogP contribution in [0, 0.1) is 0 Å². The standard InChI is InChI=1S/C16H14N2O3S2/c1-18(2)14(19)9-21-16(20)13-8-7-12(22-13)15-17-10-5-3-4-6-11(10)23-15/h3-8H,9H2,1-2H3. The van der Waals surface area contributed by atoms with E-state index in [0.29, 0.717) is 4.88 Å². The Morgan fingerprint density at radius 1 is 1.13 bits per heavy atom. The van der Waals surface area contributed by atoms with Crippen molar-refractivity contribution in [3.63, 3.8) is 0 Å². The minimum absolute atomic E-state index is 0.249. The second kappa shape index (κ2) is 6.47. The van der Waals surface area contributed by atoms with Gasteiger partial charge in [0.2, 0.25) is 0 Å². The predicted molar refractivity (Wildman–Crippen MR) is 91.9 cm³/mol. The maximum atomic E-state index is 12.0. The third kappa shape index (κ3) is 3.40. The molecule has 0 fully saturated rings. The molecule has 0 aliphatic carbocycles. The summed E-state index contributed by atoms with van der Waals surface area (Å²) in [4.78, 5) is 30.8. The van der Waals surface area contributed by atoms with Gasteiger partial charge < -0.3 is 9.64 Å². The molecule has 3 rings (SSSR count). The predicted octanol–water partition coefficient (Wildman–Crippen LogP) is 3.27. The third-order valence-electron chi connectivity index (χ3n) is 3.14. The van der Waals surface area contributed by atoms with Crippen molar-refractivity contribution < 1.29 is 14.3 Å². The Labute approximate surface area is 141 Å². The molecule has 0 N–H and O–H groups in total. The highest BCUT2D eigenvalue weighted by Gasteiger charge is 2.16. The van der Waals surface area contributed by atoms with Gasteiger partial charge in [-0.15, -0.1) is 22.7 Å². The molecule has 7 heteroatoms. The zero-order chi connectivity index (χ0) is 16.4. The summed E-state index contributed by atoms with van der Waals surface area (Å²) in [7, 11) is 3.24. The molecule has 5 nitrogen and oxygen atoms in total. The molecule has 0 bridgehead atoms. The zero-order valence-corrected chi connectivity index (χ0v) is 14.2. The van der Waals surface area contributed by atoms with Gasteiger partial charge >= 0.3 is 5.97 Å². The van der Waals surface area contributed by atoms with E-state index in [1.807, 2.05) is 30.3 Å². The van der Waals surface area contributed by atoms with Gasteiger partial charge in [0, 0.05) is 14.1 Å². The van der Waals surface area contributed by atoms with E-state index in [-0.39, 0.29) is 12.5 Å². The van der Waals surface area contributed by atoms with Crippen LogP contribution in [0.25, 0.3) is 20.1 Å². The van der Waals surface area contributed by atoms with Crippen LogP contribution in [0.15, 0.2) is 36.4 Å². The largest absolute Gasteiger partial charge is 0.451 e. The summed E-state index contributed by atoms with van der Waals surface area (Å²) in [5.74, 6) is -0.737. The van der Waals surface area contributed by atoms with Gasteiger partial charge in [-0.25, -0.2) is 9.78 Å². The Kier molecular flexibility index (Phi) is 4.40. The summed E-state index contributed by atoms with van der Waals surface area (Å²) in [6.45, 7) is -0.250. The van der Waals surface area contributed by atoms with Crippen LogP contribution in [0.1, 0.15) is 9.67 Å². The van der Waals surface area contributed by atoms with Crippen LogP contribution < -0.4 is 0 Å². The molecule has 0 saturated carbocycles. The number of thiophene rings is 1. The number of ether oxygens (including phenoxy) is 1. The van der Waals surface area contributed by atoms with E-state index in [9.17, 15) is 9.59 Å². The molecule has 3 aromatic rings. The first-order valence-corrected chi connectivity index (χ1v) is 8.51. The number of likely N-dealkylation sites (N-methyl/N-ethyl adjacent to an activating group) is 1. The van der Waals surface area contributed by atoms with Gasteiger partial charge in [-0.2, -0.15) is 0 Å². The monoisotopic (exact) mass is 346 g/mol. The first kappa shape index (κ1) is 15.6. The quantitative estimate of drug-likeness (QED) is 0.680. The van der Waals surface area contributed by atoms with E-state index in [4.69, 9.17) is 4.74 Å². The molecular formula is C16H14N2O3S2. The van der Waals surface area contributed by atoms with Crippen molar-refractivity contribution in [2.45, 2.75) is 0 Å². The average molecular weight is 346 g/mol. The van der Waals surface area contributed by atoms with Gasteiger partial charge in [-0.1, -0.05) is 12.1 Å². The van der Waals surface area contributed by atoms with E-state index >= 15 is 0 Å². The SMILES string of the molecule is CN(C)C(=O)COC(=O)c1ccc(-c2nc3ccccc3s2)s1. The van der Waals surface area contributed by atoms with Crippen molar-refractivity contribution in [1.29, 1.82) is 0 Å². The summed E-state index contributed by atoms with van der Waals surface area (Å²) in [6.07, 6.45) is 0. The molecule has 2 heterocycles. The van der Waals surface area contributed by atoms with Crippen molar-refractivity contribution in [3.05, 3.63) is 41.3 Å². The number of amides is 1. The molecule has 2 aromatic heterocycles. The van der Waals surface area contributed by atoms with Gasteiger partial charge in [-0.05, 0) is 24.3 Å². The van der Waals surface area contributed by atoms with Crippen LogP contribution in [0.2, 0.25) is 0 Å². The lowest BCUT2D eigenvalue weighted by atomic mass is 10.3. The highest BCUT2D eigenvalue weighted by Crippen LogP contribution is 2.34. The summed E-state index contributed by atoms with van der Waals surface area (Å²) in [6, 6.07) is 11.5. The second-order valence-electron chi connectivity index (χ2n) is 5.01. The molecule has 0 saturated heterocycles. The summed E-state index contributed by atoms with van der Waals surface area (Å²) in [5.41, 5.74) is 0.946. The van der Waals surface area contributed by atoms with E-state index in [0.717, 1.165) is 20.1 Å². The number of carbonyl (C=O) groups is 2. The lowest BCUT2D eigenvalue weighted by Gasteiger charge is -2.09. The number of para-hydroxylation sites is 1. The number of carbonyl (C=O) groups excluding carboxylic acids is 2. The van der Waals surface area contributed by atoms with E-state index < -0.39 is 5.97 Å². The van der Waals surface area contributed by atoms with Crippen LogP contribution >= 0.6 is 22.7 Å². The normalized spacial score (nSPS) is 10.7. The number of fused-ring (bicyclic) bond motifs is 1. The van der Waals surface area contributed by atoms with Gasteiger partial charge in [0.1, 0.15) is 9.88 Å². The molecule has 0 unspecified atom stereocenters. The molecule has 0 spiro atoms. The van der Waals surface area contributed by atoms with Crippen molar-refractivity contribution in [2.24, 2.45) is 0 Å². The minimum Gasteiger partial charge on any atom is -0.451 e. The van der Waals surface area contributed by atoms with Gasteiger partial charge in [0.15, 0.2) is 6.61 Å². The molecule has 0 aliphatic rings. The van der Waals surface area contributed by atoms with Crippen molar-refractivity contribution in [3.8, 4) is 9.88 Å². The smallest absolute Gasteiger partial charge is 0.348 e. The van der Waals surface area contributed by atoms with Crippen LogP contribution in [-0.2, 0) is 9.53 Å². The van der Waals surface area contributed by atoms with Crippen LogP contribution in [0.3, 0.4) is 0 Å². The molecule has 0 atom stereocenters. The molecule has 1 aromatic carbocycles. The van der Waals surface area contributed by atoms with Crippen LogP contribution in [-0.4, -0.2) is 42.5 Å². The van der Waals surface area contributed by atoms with Crippen LogP contribution in [0.5, 0.6) is 0 Å². The fraction of sp³-hybridized carbons (Fsp3) is 0.188. The number of nitrogens with zero attached hydrogens (tertiary/aromatic N) is 2. The topological polar surface area (TPSA) is 59.5 Å². The number of rotatable bonds is 4. The molecule has 0 radical (unpaired) electrons. The summed E-state index contributed by atoms with van der Waals surface area (Å²) < 4.78 is 6.13. The third-order valence-corrected chi connectivity index (χ3v) is 5.41. The average Bonchev–Trinajstić information content (AvgIpc) is 3.18. The number of esters is 1. The molecule has 23 heavy (non-hydrogen) atoms. The highest BCUT2D eigenvalue weighted by molar-refractivity contribution is 7.26. The molecule has 0 aliphatic heterocycles.